The smallest absolute Gasteiger partial charge is 0.332 e. The summed E-state index contributed by atoms with van der Waals surface area (Å²) in [5.41, 5.74) is 0. The maximum absolute atomic E-state index is 11.8. The van der Waals surface area contributed by atoms with Crippen LogP contribution < -0.4 is 4.84 Å². The van der Waals surface area contributed by atoms with Gasteiger partial charge in [-0.3, -0.25) is 0 Å². The van der Waals surface area contributed by atoms with Crippen molar-refractivity contribution >= 4 is 18.2 Å². The molecule has 0 saturated heterocycles. The zero-order valence-electron chi connectivity index (χ0n) is 15.9. The lowest BCUT2D eigenvalue weighted by Gasteiger charge is -2.06. The van der Waals surface area contributed by atoms with Gasteiger partial charge < -0.3 is 4.84 Å². The summed E-state index contributed by atoms with van der Waals surface area (Å²) in [5, 5.41) is 0. The van der Waals surface area contributed by atoms with E-state index in [-0.39, 0.29) is 5.97 Å². The molecule has 0 atom stereocenters. The molecule has 0 saturated carbocycles. The van der Waals surface area contributed by atoms with Gasteiger partial charge in [0, 0.05) is 12.6 Å². The molecule has 0 radical (unpaired) electrons. The topological polar surface area (TPSA) is 31.2 Å². The Bertz CT molecular complexity index is 513. The van der Waals surface area contributed by atoms with Crippen LogP contribution in [0.15, 0.2) is 24.4 Å². The molecule has 0 aliphatic carbocycles. The van der Waals surface area contributed by atoms with E-state index in [1.54, 1.807) is 18.3 Å². The van der Waals surface area contributed by atoms with Crippen LogP contribution in [0.4, 0.5) is 0 Å². The number of carbonyl (C=O) groups is 1. The van der Waals surface area contributed by atoms with Crippen molar-refractivity contribution in [2.24, 2.45) is 0 Å². The Kier molecular flexibility index (Phi) is 13.2. The summed E-state index contributed by atoms with van der Waals surface area (Å²) < 4.78 is 1.88. The number of pyridine rings is 1. The van der Waals surface area contributed by atoms with E-state index in [1.165, 1.54) is 75.4 Å². The standard InChI is InChI=1S/C21H35NO2S/c1-2-3-4-5-6-7-8-9-10-11-12-13-14-18-21(23)24-22-19-16-15-17-20(22)25/h15-17,19H,2-14,18H2,1H3. The van der Waals surface area contributed by atoms with Gasteiger partial charge in [0.2, 0.25) is 0 Å². The van der Waals surface area contributed by atoms with E-state index in [2.05, 4.69) is 6.92 Å². The zero-order valence-corrected chi connectivity index (χ0v) is 16.7. The summed E-state index contributed by atoms with van der Waals surface area (Å²) in [4.78, 5) is 17.0. The molecule has 0 spiro atoms. The molecule has 0 aliphatic rings. The molecule has 142 valence electrons. The van der Waals surface area contributed by atoms with Crippen molar-refractivity contribution in [2.75, 3.05) is 0 Å². The zero-order chi connectivity index (χ0) is 18.2. The minimum atomic E-state index is -0.203. The largest absolute Gasteiger partial charge is 0.336 e. The molecular formula is C21H35NO2S. The molecule has 25 heavy (non-hydrogen) atoms. The Morgan fingerprint density at radius 3 is 1.92 bits per heavy atom. The number of hydrogen-bond acceptors (Lipinski definition) is 3. The molecule has 1 rings (SSSR count). The van der Waals surface area contributed by atoms with Crippen LogP contribution in [0.25, 0.3) is 0 Å². The maximum atomic E-state index is 11.8. The Labute approximate surface area is 158 Å². The lowest BCUT2D eigenvalue weighted by Crippen LogP contribution is -2.19. The first-order chi connectivity index (χ1) is 12.2. The van der Waals surface area contributed by atoms with E-state index >= 15 is 0 Å². The second-order valence-electron chi connectivity index (χ2n) is 6.82. The number of hydrogen-bond donors (Lipinski definition) is 0. The van der Waals surface area contributed by atoms with E-state index in [9.17, 15) is 4.79 Å². The third-order valence-electron chi connectivity index (χ3n) is 4.47. The number of aromatic nitrogens is 1. The third kappa shape index (κ3) is 11.9. The van der Waals surface area contributed by atoms with Crippen LogP contribution in [0.1, 0.15) is 96.8 Å². The maximum Gasteiger partial charge on any atom is 0.332 e. The number of rotatable bonds is 15. The summed E-state index contributed by atoms with van der Waals surface area (Å²) in [7, 11) is 0. The molecular weight excluding hydrogens is 330 g/mol. The third-order valence-corrected chi connectivity index (χ3v) is 4.79. The fourth-order valence-corrected chi connectivity index (χ4v) is 3.11. The van der Waals surface area contributed by atoms with Crippen LogP contribution in [0, 0.1) is 4.64 Å². The van der Waals surface area contributed by atoms with Gasteiger partial charge in [-0.15, -0.1) is 0 Å². The molecule has 0 bridgehead atoms. The molecule has 1 aromatic heterocycles. The van der Waals surface area contributed by atoms with E-state index in [1.807, 2.05) is 6.07 Å². The highest BCUT2D eigenvalue weighted by molar-refractivity contribution is 7.71. The molecule has 3 nitrogen and oxygen atoms in total. The molecule has 1 heterocycles. The summed E-state index contributed by atoms with van der Waals surface area (Å²) in [6.07, 6.45) is 19.1. The van der Waals surface area contributed by atoms with E-state index in [0.717, 1.165) is 12.8 Å². The van der Waals surface area contributed by atoms with Crippen LogP contribution in [0.5, 0.6) is 0 Å². The van der Waals surface area contributed by atoms with Crippen molar-refractivity contribution in [1.82, 2.24) is 4.73 Å². The minimum Gasteiger partial charge on any atom is -0.336 e. The van der Waals surface area contributed by atoms with E-state index in [4.69, 9.17) is 17.1 Å². The Morgan fingerprint density at radius 1 is 0.880 bits per heavy atom. The first kappa shape index (κ1) is 21.9. The van der Waals surface area contributed by atoms with Gasteiger partial charge in [0.1, 0.15) is 4.64 Å². The predicted octanol–water partition coefficient (Wildman–Crippen LogP) is 6.65. The molecule has 0 unspecified atom stereocenters. The predicted molar refractivity (Wildman–Crippen MR) is 107 cm³/mol. The van der Waals surface area contributed by atoms with Gasteiger partial charge >= 0.3 is 5.97 Å². The average molecular weight is 366 g/mol. The van der Waals surface area contributed by atoms with Gasteiger partial charge in [-0.1, -0.05) is 102 Å². The quantitative estimate of drug-likeness (QED) is 0.257. The number of unbranched alkanes of at least 4 members (excludes halogenated alkanes) is 12. The summed E-state index contributed by atoms with van der Waals surface area (Å²) in [6.45, 7) is 2.27. The Hall–Kier alpha value is -1.16. The van der Waals surface area contributed by atoms with Crippen molar-refractivity contribution < 1.29 is 9.63 Å². The highest BCUT2D eigenvalue weighted by Gasteiger charge is 2.04. The van der Waals surface area contributed by atoms with E-state index in [0.29, 0.717) is 11.1 Å². The van der Waals surface area contributed by atoms with Gasteiger partial charge in [-0.05, 0) is 18.6 Å². The van der Waals surface area contributed by atoms with Crippen LogP contribution >= 0.6 is 12.2 Å². The van der Waals surface area contributed by atoms with E-state index < -0.39 is 0 Å². The van der Waals surface area contributed by atoms with Crippen LogP contribution in [0.3, 0.4) is 0 Å². The van der Waals surface area contributed by atoms with Crippen LogP contribution in [0.2, 0.25) is 0 Å². The average Bonchev–Trinajstić information content (AvgIpc) is 2.61. The summed E-state index contributed by atoms with van der Waals surface area (Å²) in [5.74, 6) is -0.203. The highest BCUT2D eigenvalue weighted by Crippen LogP contribution is 2.13. The lowest BCUT2D eigenvalue weighted by atomic mass is 10.0. The molecule has 0 fully saturated rings. The Morgan fingerprint density at radius 2 is 1.40 bits per heavy atom. The van der Waals surface area contributed by atoms with Crippen molar-refractivity contribution in [1.29, 1.82) is 0 Å². The first-order valence-electron chi connectivity index (χ1n) is 10.1. The number of carbonyl (C=O) groups excluding carboxylic acids is 1. The molecule has 0 aliphatic heterocycles. The van der Waals surface area contributed by atoms with Crippen molar-refractivity contribution in [3.63, 3.8) is 0 Å². The second kappa shape index (κ2) is 15.1. The minimum absolute atomic E-state index is 0.203. The van der Waals surface area contributed by atoms with Crippen molar-refractivity contribution in [3.05, 3.63) is 29.0 Å². The lowest BCUT2D eigenvalue weighted by molar-refractivity contribution is -0.144. The van der Waals surface area contributed by atoms with Crippen molar-refractivity contribution in [3.8, 4) is 0 Å². The fraction of sp³-hybridized carbons (Fsp3) is 0.714. The van der Waals surface area contributed by atoms with Crippen molar-refractivity contribution in [2.45, 2.75) is 96.8 Å². The second-order valence-corrected chi connectivity index (χ2v) is 7.24. The Balaban J connectivity index is 1.88. The van der Waals surface area contributed by atoms with Gasteiger partial charge in [0.15, 0.2) is 0 Å². The first-order valence-corrected chi connectivity index (χ1v) is 10.5. The SMILES string of the molecule is CCCCCCCCCCCCCCCC(=O)On1ccccc1=S. The molecule has 1 aromatic rings. The van der Waals surface area contributed by atoms with Crippen LogP contribution in [-0.2, 0) is 4.79 Å². The van der Waals surface area contributed by atoms with Gasteiger partial charge in [-0.2, -0.15) is 4.73 Å². The molecule has 0 aromatic carbocycles. The number of nitrogens with zero attached hydrogens (tertiary/aromatic N) is 1. The fourth-order valence-electron chi connectivity index (χ4n) is 2.93. The summed E-state index contributed by atoms with van der Waals surface area (Å²) >= 11 is 5.10. The van der Waals surface area contributed by atoms with Crippen LogP contribution in [-0.4, -0.2) is 10.7 Å². The van der Waals surface area contributed by atoms with Gasteiger partial charge in [-0.25, -0.2) is 4.79 Å². The molecule has 4 heteroatoms. The highest BCUT2D eigenvalue weighted by atomic mass is 32.1. The normalized spacial score (nSPS) is 10.8. The summed E-state index contributed by atoms with van der Waals surface area (Å²) in [6, 6.07) is 5.38. The van der Waals surface area contributed by atoms with Gasteiger partial charge in [0.05, 0.1) is 0 Å². The molecule has 0 amide bonds. The molecule has 0 N–H and O–H groups in total. The monoisotopic (exact) mass is 365 g/mol. The van der Waals surface area contributed by atoms with Gasteiger partial charge in [0.25, 0.3) is 0 Å².